The van der Waals surface area contributed by atoms with Gasteiger partial charge in [0.2, 0.25) is 0 Å². The van der Waals surface area contributed by atoms with Crippen molar-refractivity contribution >= 4 is 15.9 Å². The number of hydrogen-bond acceptors (Lipinski definition) is 2. The van der Waals surface area contributed by atoms with Crippen molar-refractivity contribution in [3.05, 3.63) is 28.1 Å². The van der Waals surface area contributed by atoms with E-state index in [0.29, 0.717) is 0 Å². The van der Waals surface area contributed by atoms with Crippen LogP contribution in [0.25, 0.3) is 11.5 Å². The predicted molar refractivity (Wildman–Crippen MR) is 58.1 cm³/mol. The van der Waals surface area contributed by atoms with Gasteiger partial charge in [-0.1, -0.05) is 0 Å². The molecule has 2 heterocycles. The average molecular weight is 255 g/mol. The number of halogens is 1. The van der Waals surface area contributed by atoms with Crippen LogP contribution in [-0.2, 0) is 7.05 Å². The molecule has 4 heteroatoms. The van der Waals surface area contributed by atoms with Crippen LogP contribution in [0.5, 0.6) is 0 Å². The molecule has 2 aromatic rings. The van der Waals surface area contributed by atoms with E-state index in [4.69, 9.17) is 4.42 Å². The highest BCUT2D eigenvalue weighted by Crippen LogP contribution is 2.31. The lowest BCUT2D eigenvalue weighted by Gasteiger charge is -1.97. The van der Waals surface area contributed by atoms with Crippen LogP contribution in [0.1, 0.15) is 11.5 Å². The highest BCUT2D eigenvalue weighted by atomic mass is 79.9. The Labute approximate surface area is 90.9 Å². The van der Waals surface area contributed by atoms with Gasteiger partial charge in [0, 0.05) is 7.05 Å². The van der Waals surface area contributed by atoms with Gasteiger partial charge in [-0.2, -0.15) is 5.10 Å². The molecule has 0 fully saturated rings. The summed E-state index contributed by atoms with van der Waals surface area (Å²) in [6.45, 7) is 3.89. The summed E-state index contributed by atoms with van der Waals surface area (Å²) in [4.78, 5) is 0. The van der Waals surface area contributed by atoms with Crippen molar-refractivity contribution < 1.29 is 4.42 Å². The summed E-state index contributed by atoms with van der Waals surface area (Å²) in [6.07, 6.45) is 0. The summed E-state index contributed by atoms with van der Waals surface area (Å²) >= 11 is 3.50. The predicted octanol–water partition coefficient (Wildman–Crippen LogP) is 3.06. The zero-order chi connectivity index (χ0) is 10.3. The third-order valence-electron chi connectivity index (χ3n) is 2.12. The van der Waals surface area contributed by atoms with Crippen LogP contribution in [0.15, 0.2) is 21.0 Å². The maximum Gasteiger partial charge on any atom is 0.153 e. The maximum absolute atomic E-state index is 5.55. The molecule has 2 aromatic heterocycles. The Kier molecular flexibility index (Phi) is 2.23. The van der Waals surface area contributed by atoms with Crippen molar-refractivity contribution in [1.29, 1.82) is 0 Å². The molecule has 0 aliphatic heterocycles. The molecule has 0 aliphatic rings. The van der Waals surface area contributed by atoms with Crippen molar-refractivity contribution in [3.8, 4) is 11.5 Å². The Morgan fingerprint density at radius 1 is 1.36 bits per heavy atom. The molecular formula is C10H11BrN2O. The molecule has 0 unspecified atom stereocenters. The van der Waals surface area contributed by atoms with E-state index >= 15 is 0 Å². The lowest BCUT2D eigenvalue weighted by atomic mass is 10.3. The Bertz CT molecular complexity index is 470. The van der Waals surface area contributed by atoms with Gasteiger partial charge in [0.05, 0.1) is 10.2 Å². The summed E-state index contributed by atoms with van der Waals surface area (Å²) in [7, 11) is 1.91. The molecule has 0 saturated heterocycles. The van der Waals surface area contributed by atoms with E-state index in [0.717, 1.165) is 27.4 Å². The fourth-order valence-corrected chi connectivity index (χ4v) is 1.99. The number of hydrogen-bond donors (Lipinski definition) is 0. The van der Waals surface area contributed by atoms with E-state index < -0.39 is 0 Å². The van der Waals surface area contributed by atoms with Crippen molar-refractivity contribution in [3.63, 3.8) is 0 Å². The second-order valence-corrected chi connectivity index (χ2v) is 4.07. The lowest BCUT2D eigenvalue weighted by Crippen LogP contribution is -1.92. The van der Waals surface area contributed by atoms with Crippen LogP contribution >= 0.6 is 15.9 Å². The minimum Gasteiger partial charge on any atom is -0.460 e. The summed E-state index contributed by atoms with van der Waals surface area (Å²) in [5, 5.41) is 4.31. The molecule has 0 atom stereocenters. The standard InChI is InChI=1S/C10H11BrN2O/c1-6-4-5-8(14-6)10-9(11)7(2)12-13(10)3/h4-5H,1-3H3. The summed E-state index contributed by atoms with van der Waals surface area (Å²) in [5.41, 5.74) is 1.95. The normalized spacial score (nSPS) is 10.9. The second kappa shape index (κ2) is 3.28. The molecule has 0 radical (unpaired) electrons. The lowest BCUT2D eigenvalue weighted by molar-refractivity contribution is 0.541. The minimum atomic E-state index is 0.845. The summed E-state index contributed by atoms with van der Waals surface area (Å²) in [5.74, 6) is 1.75. The van der Waals surface area contributed by atoms with Gasteiger partial charge in [0.1, 0.15) is 11.5 Å². The SMILES string of the molecule is Cc1ccc(-c2c(Br)c(C)nn2C)o1. The molecule has 3 nitrogen and oxygen atoms in total. The van der Waals surface area contributed by atoms with Crippen molar-refractivity contribution in [2.24, 2.45) is 7.05 Å². The fraction of sp³-hybridized carbons (Fsp3) is 0.300. The van der Waals surface area contributed by atoms with Gasteiger partial charge in [-0.15, -0.1) is 0 Å². The first-order valence-corrected chi connectivity index (χ1v) is 5.15. The van der Waals surface area contributed by atoms with Gasteiger partial charge in [-0.05, 0) is 41.9 Å². The van der Waals surface area contributed by atoms with Crippen LogP contribution in [0.4, 0.5) is 0 Å². The topological polar surface area (TPSA) is 31.0 Å². The number of aromatic nitrogens is 2. The zero-order valence-electron chi connectivity index (χ0n) is 8.34. The van der Waals surface area contributed by atoms with Crippen LogP contribution in [0.2, 0.25) is 0 Å². The van der Waals surface area contributed by atoms with Gasteiger partial charge in [-0.3, -0.25) is 4.68 Å². The monoisotopic (exact) mass is 254 g/mol. The second-order valence-electron chi connectivity index (χ2n) is 3.28. The third-order valence-corrected chi connectivity index (χ3v) is 3.07. The van der Waals surface area contributed by atoms with Crippen LogP contribution in [0, 0.1) is 13.8 Å². The molecule has 74 valence electrons. The van der Waals surface area contributed by atoms with Crippen molar-refractivity contribution in [2.45, 2.75) is 13.8 Å². The van der Waals surface area contributed by atoms with E-state index in [9.17, 15) is 0 Å². The number of rotatable bonds is 1. The number of furan rings is 1. The molecule has 0 amide bonds. The molecule has 0 spiro atoms. The quantitative estimate of drug-likeness (QED) is 0.784. The Balaban J connectivity index is 2.61. The van der Waals surface area contributed by atoms with E-state index in [1.807, 2.05) is 37.7 Å². The van der Waals surface area contributed by atoms with E-state index in [2.05, 4.69) is 21.0 Å². The van der Waals surface area contributed by atoms with Gasteiger partial charge in [-0.25, -0.2) is 0 Å². The molecule has 2 rings (SSSR count). The maximum atomic E-state index is 5.55. The van der Waals surface area contributed by atoms with E-state index in [-0.39, 0.29) is 0 Å². The minimum absolute atomic E-state index is 0.845. The van der Waals surface area contributed by atoms with Crippen LogP contribution in [0.3, 0.4) is 0 Å². The summed E-state index contributed by atoms with van der Waals surface area (Å²) in [6, 6.07) is 3.90. The van der Waals surface area contributed by atoms with Gasteiger partial charge >= 0.3 is 0 Å². The molecule has 0 N–H and O–H groups in total. The van der Waals surface area contributed by atoms with Crippen molar-refractivity contribution in [1.82, 2.24) is 9.78 Å². The van der Waals surface area contributed by atoms with E-state index in [1.54, 1.807) is 0 Å². The Morgan fingerprint density at radius 2 is 2.07 bits per heavy atom. The first-order chi connectivity index (χ1) is 6.59. The fourth-order valence-electron chi connectivity index (χ4n) is 1.46. The highest BCUT2D eigenvalue weighted by molar-refractivity contribution is 9.10. The van der Waals surface area contributed by atoms with Gasteiger partial charge < -0.3 is 4.42 Å². The number of nitrogens with zero attached hydrogens (tertiary/aromatic N) is 2. The summed E-state index contributed by atoms with van der Waals surface area (Å²) < 4.78 is 8.37. The largest absolute Gasteiger partial charge is 0.460 e. The Hall–Kier alpha value is -1.03. The van der Waals surface area contributed by atoms with Crippen LogP contribution in [-0.4, -0.2) is 9.78 Å². The van der Waals surface area contributed by atoms with Gasteiger partial charge in [0.15, 0.2) is 5.76 Å². The van der Waals surface area contributed by atoms with Crippen molar-refractivity contribution in [2.75, 3.05) is 0 Å². The molecule has 14 heavy (non-hydrogen) atoms. The third kappa shape index (κ3) is 1.39. The smallest absolute Gasteiger partial charge is 0.153 e. The van der Waals surface area contributed by atoms with Gasteiger partial charge in [0.25, 0.3) is 0 Å². The molecule has 0 aliphatic carbocycles. The highest BCUT2D eigenvalue weighted by Gasteiger charge is 2.15. The molecule has 0 aromatic carbocycles. The molecular weight excluding hydrogens is 244 g/mol. The Morgan fingerprint density at radius 3 is 2.50 bits per heavy atom. The molecule has 0 bridgehead atoms. The first kappa shape index (κ1) is 9.52. The zero-order valence-corrected chi connectivity index (χ0v) is 9.92. The average Bonchev–Trinajstić information content (AvgIpc) is 2.60. The van der Waals surface area contributed by atoms with Crippen LogP contribution < -0.4 is 0 Å². The molecule has 0 saturated carbocycles. The first-order valence-electron chi connectivity index (χ1n) is 4.35. The van der Waals surface area contributed by atoms with E-state index in [1.165, 1.54) is 0 Å². The number of aryl methyl sites for hydroxylation is 3.